The molecule has 0 saturated heterocycles. The molecule has 0 saturated carbocycles. The molecule has 1 unspecified atom stereocenters. The van der Waals surface area contributed by atoms with E-state index in [-0.39, 0.29) is 0 Å². The Bertz CT molecular complexity index is 268. The van der Waals surface area contributed by atoms with E-state index in [1.807, 2.05) is 0 Å². The summed E-state index contributed by atoms with van der Waals surface area (Å²) in [5, 5.41) is 0. The standard InChI is InChI=1S/C15H25N/c1-4-8-14(2)11-12-16(3)13-15-9-6-5-7-10-15/h5-7,9-10,14H,4,8,11-13H2,1-3H3. The van der Waals surface area contributed by atoms with Crippen LogP contribution in [-0.2, 0) is 6.54 Å². The molecule has 0 bridgehead atoms. The van der Waals surface area contributed by atoms with Crippen LogP contribution < -0.4 is 0 Å². The maximum Gasteiger partial charge on any atom is 0.0230 e. The van der Waals surface area contributed by atoms with Crippen LogP contribution in [0.15, 0.2) is 30.3 Å². The van der Waals surface area contributed by atoms with Crippen molar-refractivity contribution in [2.75, 3.05) is 13.6 Å². The predicted molar refractivity (Wildman–Crippen MR) is 71.5 cm³/mol. The molecule has 90 valence electrons. The van der Waals surface area contributed by atoms with Crippen molar-refractivity contribution in [1.29, 1.82) is 0 Å². The van der Waals surface area contributed by atoms with Crippen LogP contribution in [0.2, 0.25) is 0 Å². The largest absolute Gasteiger partial charge is 0.302 e. The second kappa shape index (κ2) is 7.45. The quantitative estimate of drug-likeness (QED) is 0.671. The lowest BCUT2D eigenvalue weighted by molar-refractivity contribution is 0.293. The van der Waals surface area contributed by atoms with Gasteiger partial charge in [0.05, 0.1) is 0 Å². The summed E-state index contributed by atoms with van der Waals surface area (Å²) in [6.45, 7) is 6.90. The number of rotatable bonds is 7. The van der Waals surface area contributed by atoms with E-state index in [1.165, 1.54) is 31.4 Å². The SMILES string of the molecule is CCCC(C)CCN(C)Cc1ccccc1. The highest BCUT2D eigenvalue weighted by Crippen LogP contribution is 2.11. The third-order valence-corrected chi connectivity index (χ3v) is 3.08. The third-order valence-electron chi connectivity index (χ3n) is 3.08. The number of benzene rings is 1. The van der Waals surface area contributed by atoms with E-state index in [9.17, 15) is 0 Å². The summed E-state index contributed by atoms with van der Waals surface area (Å²) in [4.78, 5) is 2.42. The predicted octanol–water partition coefficient (Wildman–Crippen LogP) is 3.94. The molecule has 0 aromatic heterocycles. The summed E-state index contributed by atoms with van der Waals surface area (Å²) in [5.74, 6) is 0.864. The molecule has 1 nitrogen and oxygen atoms in total. The minimum absolute atomic E-state index is 0.864. The second-order valence-electron chi connectivity index (χ2n) is 4.91. The first-order valence-corrected chi connectivity index (χ1v) is 6.44. The highest BCUT2D eigenvalue weighted by Gasteiger charge is 2.04. The lowest BCUT2D eigenvalue weighted by atomic mass is 10.0. The zero-order valence-electron chi connectivity index (χ0n) is 10.9. The highest BCUT2D eigenvalue weighted by molar-refractivity contribution is 5.14. The maximum absolute atomic E-state index is 2.42. The first kappa shape index (κ1) is 13.2. The van der Waals surface area contributed by atoms with Gasteiger partial charge < -0.3 is 4.90 Å². The third kappa shape index (κ3) is 5.32. The molecule has 1 rings (SSSR count). The monoisotopic (exact) mass is 219 g/mol. The summed E-state index contributed by atoms with van der Waals surface area (Å²) < 4.78 is 0. The number of nitrogens with zero attached hydrogens (tertiary/aromatic N) is 1. The van der Waals surface area contributed by atoms with Crippen molar-refractivity contribution in [2.24, 2.45) is 5.92 Å². The van der Waals surface area contributed by atoms with Gasteiger partial charge in [0.2, 0.25) is 0 Å². The smallest absolute Gasteiger partial charge is 0.0230 e. The van der Waals surface area contributed by atoms with Crippen molar-refractivity contribution in [3.05, 3.63) is 35.9 Å². The van der Waals surface area contributed by atoms with Crippen molar-refractivity contribution in [3.8, 4) is 0 Å². The molecule has 1 heteroatoms. The molecule has 0 N–H and O–H groups in total. The minimum atomic E-state index is 0.864. The van der Waals surface area contributed by atoms with Crippen molar-refractivity contribution in [1.82, 2.24) is 4.90 Å². The zero-order valence-corrected chi connectivity index (χ0v) is 10.9. The summed E-state index contributed by atoms with van der Waals surface area (Å²) in [6.07, 6.45) is 3.99. The van der Waals surface area contributed by atoms with Gasteiger partial charge in [-0.15, -0.1) is 0 Å². The van der Waals surface area contributed by atoms with E-state index in [1.54, 1.807) is 0 Å². The van der Waals surface area contributed by atoms with Gasteiger partial charge in [0.25, 0.3) is 0 Å². The van der Waals surface area contributed by atoms with Crippen molar-refractivity contribution >= 4 is 0 Å². The molecule has 0 radical (unpaired) electrons. The fourth-order valence-corrected chi connectivity index (χ4v) is 2.05. The zero-order chi connectivity index (χ0) is 11.8. The van der Waals surface area contributed by atoms with E-state index < -0.39 is 0 Å². The van der Waals surface area contributed by atoms with Gasteiger partial charge >= 0.3 is 0 Å². The average Bonchev–Trinajstić information content (AvgIpc) is 2.28. The van der Waals surface area contributed by atoms with Crippen LogP contribution >= 0.6 is 0 Å². The first-order chi connectivity index (χ1) is 7.72. The second-order valence-corrected chi connectivity index (χ2v) is 4.91. The maximum atomic E-state index is 2.42. The van der Waals surface area contributed by atoms with E-state index in [0.717, 1.165) is 12.5 Å². The van der Waals surface area contributed by atoms with Gasteiger partial charge in [-0.05, 0) is 31.5 Å². The van der Waals surface area contributed by atoms with Crippen LogP contribution in [0.3, 0.4) is 0 Å². The van der Waals surface area contributed by atoms with Crippen LogP contribution in [0.1, 0.15) is 38.7 Å². The van der Waals surface area contributed by atoms with Crippen LogP contribution in [0, 0.1) is 5.92 Å². The van der Waals surface area contributed by atoms with Gasteiger partial charge in [-0.1, -0.05) is 57.0 Å². The lowest BCUT2D eigenvalue weighted by Gasteiger charge is -2.19. The molecule has 16 heavy (non-hydrogen) atoms. The summed E-state index contributed by atoms with van der Waals surface area (Å²) in [6, 6.07) is 10.7. The Morgan fingerprint density at radius 1 is 1.12 bits per heavy atom. The van der Waals surface area contributed by atoms with Crippen molar-refractivity contribution in [2.45, 2.75) is 39.7 Å². The Morgan fingerprint density at radius 3 is 2.44 bits per heavy atom. The van der Waals surface area contributed by atoms with Gasteiger partial charge in [-0.3, -0.25) is 0 Å². The molecule has 0 aliphatic rings. The molecule has 0 spiro atoms. The molecule has 0 heterocycles. The summed E-state index contributed by atoms with van der Waals surface area (Å²) in [7, 11) is 2.21. The van der Waals surface area contributed by atoms with Crippen LogP contribution in [0.5, 0.6) is 0 Å². The Hall–Kier alpha value is -0.820. The Labute approximate surface area is 100 Å². The van der Waals surface area contributed by atoms with E-state index >= 15 is 0 Å². The van der Waals surface area contributed by atoms with Gasteiger partial charge in [-0.2, -0.15) is 0 Å². The molecular formula is C15H25N. The molecule has 1 aromatic carbocycles. The number of hydrogen-bond donors (Lipinski definition) is 0. The molecule has 0 amide bonds. The number of hydrogen-bond acceptors (Lipinski definition) is 1. The van der Waals surface area contributed by atoms with Crippen LogP contribution in [-0.4, -0.2) is 18.5 Å². The van der Waals surface area contributed by atoms with E-state index in [4.69, 9.17) is 0 Å². The van der Waals surface area contributed by atoms with Crippen molar-refractivity contribution in [3.63, 3.8) is 0 Å². The minimum Gasteiger partial charge on any atom is -0.302 e. The molecular weight excluding hydrogens is 194 g/mol. The normalized spacial score (nSPS) is 13.0. The first-order valence-electron chi connectivity index (χ1n) is 6.44. The Balaban J connectivity index is 2.23. The molecule has 1 atom stereocenters. The van der Waals surface area contributed by atoms with Crippen LogP contribution in [0.4, 0.5) is 0 Å². The van der Waals surface area contributed by atoms with E-state index in [0.29, 0.717) is 0 Å². The van der Waals surface area contributed by atoms with E-state index in [2.05, 4.69) is 56.1 Å². The summed E-state index contributed by atoms with van der Waals surface area (Å²) in [5.41, 5.74) is 1.41. The Kier molecular flexibility index (Phi) is 6.17. The lowest BCUT2D eigenvalue weighted by Crippen LogP contribution is -2.20. The van der Waals surface area contributed by atoms with Crippen LogP contribution in [0.25, 0.3) is 0 Å². The Morgan fingerprint density at radius 2 is 1.81 bits per heavy atom. The molecule has 1 aromatic rings. The topological polar surface area (TPSA) is 3.24 Å². The van der Waals surface area contributed by atoms with Gasteiger partial charge in [0.15, 0.2) is 0 Å². The molecule has 0 aliphatic carbocycles. The fourth-order valence-electron chi connectivity index (χ4n) is 2.05. The summed E-state index contributed by atoms with van der Waals surface area (Å²) >= 11 is 0. The van der Waals surface area contributed by atoms with Gasteiger partial charge in [0.1, 0.15) is 0 Å². The molecule has 0 aliphatic heterocycles. The molecule has 0 fully saturated rings. The highest BCUT2D eigenvalue weighted by atomic mass is 15.1. The van der Waals surface area contributed by atoms with Gasteiger partial charge in [0, 0.05) is 6.54 Å². The van der Waals surface area contributed by atoms with Gasteiger partial charge in [-0.25, -0.2) is 0 Å². The fraction of sp³-hybridized carbons (Fsp3) is 0.600. The average molecular weight is 219 g/mol. The van der Waals surface area contributed by atoms with Crippen molar-refractivity contribution < 1.29 is 0 Å².